The number of aliphatic carboxylic acids is 1. The number of carbonyl (C=O) groups is 1. The van der Waals surface area contributed by atoms with Crippen LogP contribution in [0, 0.1) is 0 Å². The fraction of sp³-hybridized carbons (Fsp3) is 0.333. The fourth-order valence-electron chi connectivity index (χ4n) is 2.45. The van der Waals surface area contributed by atoms with Crippen molar-refractivity contribution in [1.82, 2.24) is 9.78 Å². The number of aromatic nitrogens is 2. The monoisotopic (exact) mass is 298 g/mol. The minimum atomic E-state index is -0.860. The van der Waals surface area contributed by atoms with E-state index in [9.17, 15) is 9.90 Å². The Morgan fingerprint density at radius 3 is 2.59 bits per heavy atom. The van der Waals surface area contributed by atoms with Crippen molar-refractivity contribution >= 4 is 12.0 Å². The number of carboxylic acids is 1. The Morgan fingerprint density at radius 2 is 2.00 bits per heavy atom. The maximum atomic E-state index is 11.2. The van der Waals surface area contributed by atoms with Gasteiger partial charge >= 0.3 is 5.97 Å². The zero-order valence-corrected chi connectivity index (χ0v) is 13.1. The molecule has 2 aromatic rings. The minimum absolute atomic E-state index is 0.414. The predicted octanol–water partition coefficient (Wildman–Crippen LogP) is 3.76. The second-order valence-electron chi connectivity index (χ2n) is 5.27. The zero-order valence-electron chi connectivity index (χ0n) is 13.1. The largest absolute Gasteiger partial charge is 0.478 e. The van der Waals surface area contributed by atoms with Crippen LogP contribution in [0.1, 0.15) is 43.5 Å². The van der Waals surface area contributed by atoms with Crippen molar-refractivity contribution in [3.63, 3.8) is 0 Å². The number of nitrogens with zero attached hydrogens (tertiary/aromatic N) is 2. The van der Waals surface area contributed by atoms with E-state index < -0.39 is 5.97 Å². The second-order valence-corrected chi connectivity index (χ2v) is 5.27. The lowest BCUT2D eigenvalue weighted by Gasteiger charge is -2.08. The Hall–Kier alpha value is -2.36. The maximum Gasteiger partial charge on any atom is 0.331 e. The first-order valence-corrected chi connectivity index (χ1v) is 7.68. The molecule has 1 heterocycles. The third-order valence-electron chi connectivity index (χ3n) is 3.63. The summed E-state index contributed by atoms with van der Waals surface area (Å²) in [6, 6.07) is 10.2. The molecule has 0 atom stereocenters. The molecule has 116 valence electrons. The average molecular weight is 298 g/mol. The van der Waals surface area contributed by atoms with E-state index in [2.05, 4.69) is 24.2 Å². The standard InChI is InChI=1S/C18H22N2O2/c1-3-8-17-16(11-15(4-2)18(21)22)12-19-20(17)13-14-9-6-5-7-10-14/h5-7,9-12H,3-4,8,13H2,1-2H3,(H,21,22). The van der Waals surface area contributed by atoms with E-state index >= 15 is 0 Å². The highest BCUT2D eigenvalue weighted by Crippen LogP contribution is 2.18. The van der Waals surface area contributed by atoms with Gasteiger partial charge in [-0.25, -0.2) is 4.79 Å². The molecule has 1 aromatic carbocycles. The lowest BCUT2D eigenvalue weighted by Crippen LogP contribution is -2.07. The highest BCUT2D eigenvalue weighted by Gasteiger charge is 2.12. The van der Waals surface area contributed by atoms with Gasteiger partial charge in [0.25, 0.3) is 0 Å². The van der Waals surface area contributed by atoms with Crippen LogP contribution in [0.2, 0.25) is 0 Å². The number of benzene rings is 1. The van der Waals surface area contributed by atoms with Crippen molar-refractivity contribution in [1.29, 1.82) is 0 Å². The van der Waals surface area contributed by atoms with Gasteiger partial charge in [0.2, 0.25) is 0 Å². The highest BCUT2D eigenvalue weighted by atomic mass is 16.4. The topological polar surface area (TPSA) is 55.1 Å². The molecule has 1 aromatic heterocycles. The Labute approximate surface area is 131 Å². The number of carboxylic acid groups (broad SMARTS) is 1. The third-order valence-corrected chi connectivity index (χ3v) is 3.63. The molecule has 0 amide bonds. The van der Waals surface area contributed by atoms with Gasteiger partial charge in [-0.1, -0.05) is 50.6 Å². The molecule has 0 aliphatic rings. The summed E-state index contributed by atoms with van der Waals surface area (Å²) >= 11 is 0. The van der Waals surface area contributed by atoms with E-state index in [0.29, 0.717) is 18.5 Å². The van der Waals surface area contributed by atoms with E-state index in [0.717, 1.165) is 24.1 Å². The molecule has 0 unspecified atom stereocenters. The van der Waals surface area contributed by atoms with Crippen LogP contribution in [-0.2, 0) is 17.8 Å². The summed E-state index contributed by atoms with van der Waals surface area (Å²) in [5.74, 6) is -0.860. The van der Waals surface area contributed by atoms with Crippen LogP contribution in [0.5, 0.6) is 0 Å². The molecular weight excluding hydrogens is 276 g/mol. The van der Waals surface area contributed by atoms with Crippen LogP contribution in [0.25, 0.3) is 6.08 Å². The maximum absolute atomic E-state index is 11.2. The Balaban J connectivity index is 2.34. The first kappa shape index (κ1) is 16.0. The van der Waals surface area contributed by atoms with E-state index in [1.54, 1.807) is 12.3 Å². The summed E-state index contributed by atoms with van der Waals surface area (Å²) in [6.45, 7) is 4.68. The number of hydrogen-bond acceptors (Lipinski definition) is 2. The van der Waals surface area contributed by atoms with Crippen LogP contribution in [-0.4, -0.2) is 20.9 Å². The summed E-state index contributed by atoms with van der Waals surface area (Å²) in [5.41, 5.74) is 3.61. The molecule has 0 aliphatic heterocycles. The van der Waals surface area contributed by atoms with Crippen molar-refractivity contribution in [3.8, 4) is 0 Å². The summed E-state index contributed by atoms with van der Waals surface area (Å²) in [5, 5.41) is 13.7. The zero-order chi connectivity index (χ0) is 15.9. The Bertz CT molecular complexity index is 657. The number of hydrogen-bond donors (Lipinski definition) is 1. The van der Waals surface area contributed by atoms with E-state index in [1.165, 1.54) is 5.56 Å². The van der Waals surface area contributed by atoms with Crippen molar-refractivity contribution in [2.45, 2.75) is 39.7 Å². The molecule has 0 radical (unpaired) electrons. The lowest BCUT2D eigenvalue weighted by atomic mass is 10.1. The van der Waals surface area contributed by atoms with Crippen LogP contribution in [0.15, 0.2) is 42.1 Å². The van der Waals surface area contributed by atoms with Gasteiger partial charge in [-0.15, -0.1) is 0 Å². The first-order chi connectivity index (χ1) is 10.7. The molecule has 0 fully saturated rings. The van der Waals surface area contributed by atoms with E-state index in [-0.39, 0.29) is 0 Å². The van der Waals surface area contributed by atoms with E-state index in [4.69, 9.17) is 0 Å². The van der Waals surface area contributed by atoms with Crippen molar-refractivity contribution in [2.75, 3.05) is 0 Å². The smallest absolute Gasteiger partial charge is 0.331 e. The van der Waals surface area contributed by atoms with Crippen molar-refractivity contribution in [2.24, 2.45) is 0 Å². The Kier molecular flexibility index (Phi) is 5.53. The molecule has 22 heavy (non-hydrogen) atoms. The molecule has 0 saturated carbocycles. The summed E-state index contributed by atoms with van der Waals surface area (Å²) in [7, 11) is 0. The van der Waals surface area contributed by atoms with Crippen LogP contribution in [0.4, 0.5) is 0 Å². The molecule has 0 spiro atoms. The molecule has 4 heteroatoms. The van der Waals surface area contributed by atoms with Crippen LogP contribution >= 0.6 is 0 Å². The average Bonchev–Trinajstić information content (AvgIpc) is 2.88. The van der Waals surface area contributed by atoms with Gasteiger partial charge in [-0.2, -0.15) is 5.10 Å². The van der Waals surface area contributed by atoms with Gasteiger partial charge in [0.1, 0.15) is 0 Å². The molecule has 4 nitrogen and oxygen atoms in total. The van der Waals surface area contributed by atoms with Crippen LogP contribution in [0.3, 0.4) is 0 Å². The first-order valence-electron chi connectivity index (χ1n) is 7.68. The van der Waals surface area contributed by atoms with Gasteiger partial charge < -0.3 is 5.11 Å². The van der Waals surface area contributed by atoms with Crippen molar-refractivity contribution < 1.29 is 9.90 Å². The van der Waals surface area contributed by atoms with Gasteiger partial charge in [-0.3, -0.25) is 4.68 Å². The van der Waals surface area contributed by atoms with Crippen LogP contribution < -0.4 is 0 Å². The summed E-state index contributed by atoms with van der Waals surface area (Å²) in [6.07, 6.45) is 5.91. The quantitative estimate of drug-likeness (QED) is 0.792. The van der Waals surface area contributed by atoms with Gasteiger partial charge in [0.15, 0.2) is 0 Å². The Morgan fingerprint density at radius 1 is 1.27 bits per heavy atom. The second kappa shape index (κ2) is 7.59. The molecule has 1 N–H and O–H groups in total. The highest BCUT2D eigenvalue weighted by molar-refractivity contribution is 5.92. The van der Waals surface area contributed by atoms with E-state index in [1.807, 2.05) is 29.8 Å². The number of rotatable bonds is 7. The molecule has 0 aliphatic carbocycles. The predicted molar refractivity (Wildman–Crippen MR) is 87.7 cm³/mol. The minimum Gasteiger partial charge on any atom is -0.478 e. The molecule has 0 bridgehead atoms. The molecular formula is C18H22N2O2. The fourth-order valence-corrected chi connectivity index (χ4v) is 2.45. The molecule has 2 rings (SSSR count). The molecule has 0 saturated heterocycles. The summed E-state index contributed by atoms with van der Waals surface area (Å²) in [4.78, 5) is 11.2. The summed E-state index contributed by atoms with van der Waals surface area (Å²) < 4.78 is 1.97. The third kappa shape index (κ3) is 3.85. The normalized spacial score (nSPS) is 11.6. The van der Waals surface area contributed by atoms with Gasteiger partial charge in [-0.05, 0) is 24.5 Å². The van der Waals surface area contributed by atoms with Gasteiger partial charge in [0.05, 0.1) is 12.7 Å². The van der Waals surface area contributed by atoms with Crippen molar-refractivity contribution in [3.05, 3.63) is 58.9 Å². The lowest BCUT2D eigenvalue weighted by molar-refractivity contribution is -0.132. The van der Waals surface area contributed by atoms with Gasteiger partial charge in [0, 0.05) is 16.8 Å². The SMILES string of the molecule is CCCc1c(C=C(CC)C(=O)O)cnn1Cc1ccccc1.